The molecule has 0 amide bonds. The van der Waals surface area contributed by atoms with Crippen LogP contribution in [-0.2, 0) is 0 Å². The number of nitrogens with one attached hydrogen (secondary N) is 1. The number of aromatic nitrogens is 4. The van der Waals surface area contributed by atoms with Crippen molar-refractivity contribution in [3.8, 4) is 11.6 Å². The normalized spacial score (nSPS) is 10.2. The van der Waals surface area contributed by atoms with Gasteiger partial charge in [0.25, 0.3) is 0 Å². The molecule has 2 rings (SSSR count). The standard InChI is InChI=1S/C7H6N4O2/c12-7(13)11-4-3-10-6(11)5-8-1-2-9-5/h1-4H,(H,8,9)(H,12,13). The summed E-state index contributed by atoms with van der Waals surface area (Å²) in [6.07, 6.45) is 4.84. The molecule has 6 heteroatoms. The monoisotopic (exact) mass is 178 g/mol. The molecule has 0 atom stereocenters. The molecule has 2 aromatic heterocycles. The van der Waals surface area contributed by atoms with Crippen LogP contribution in [0.25, 0.3) is 11.6 Å². The van der Waals surface area contributed by atoms with Crippen molar-refractivity contribution in [2.24, 2.45) is 0 Å². The number of hydrogen-bond acceptors (Lipinski definition) is 3. The molecule has 0 radical (unpaired) electrons. The molecule has 0 aliphatic carbocycles. The molecule has 0 bridgehead atoms. The summed E-state index contributed by atoms with van der Waals surface area (Å²) in [4.78, 5) is 21.2. The van der Waals surface area contributed by atoms with Crippen LogP contribution < -0.4 is 0 Å². The fourth-order valence-corrected chi connectivity index (χ4v) is 1.02. The summed E-state index contributed by atoms with van der Waals surface area (Å²) < 4.78 is 0.999. The van der Waals surface area contributed by atoms with Gasteiger partial charge in [0.2, 0.25) is 0 Å². The first-order valence-corrected chi connectivity index (χ1v) is 3.55. The Balaban J connectivity index is 2.52. The summed E-state index contributed by atoms with van der Waals surface area (Å²) in [5.41, 5.74) is 0. The SMILES string of the molecule is O=C(O)n1ccnc1-c1ncc[nH]1. The van der Waals surface area contributed by atoms with Crippen molar-refractivity contribution in [2.75, 3.05) is 0 Å². The second-order valence-corrected chi connectivity index (χ2v) is 2.34. The van der Waals surface area contributed by atoms with Crippen LogP contribution in [0.5, 0.6) is 0 Å². The Bertz CT molecular complexity index is 417. The molecule has 0 fully saturated rings. The van der Waals surface area contributed by atoms with Crippen molar-refractivity contribution in [1.29, 1.82) is 0 Å². The van der Waals surface area contributed by atoms with Crippen LogP contribution in [0.2, 0.25) is 0 Å². The molecule has 2 heterocycles. The van der Waals surface area contributed by atoms with Gasteiger partial charge in [0.05, 0.1) is 0 Å². The van der Waals surface area contributed by atoms with Crippen LogP contribution in [-0.4, -0.2) is 30.7 Å². The summed E-state index contributed by atoms with van der Waals surface area (Å²) >= 11 is 0. The zero-order valence-electron chi connectivity index (χ0n) is 6.51. The van der Waals surface area contributed by atoms with Crippen molar-refractivity contribution in [3.05, 3.63) is 24.8 Å². The zero-order chi connectivity index (χ0) is 9.26. The van der Waals surface area contributed by atoms with Crippen LogP contribution in [0.3, 0.4) is 0 Å². The third-order valence-electron chi connectivity index (χ3n) is 1.56. The van der Waals surface area contributed by atoms with Gasteiger partial charge in [-0.05, 0) is 0 Å². The van der Waals surface area contributed by atoms with E-state index < -0.39 is 6.09 Å². The van der Waals surface area contributed by atoms with Gasteiger partial charge in [-0.25, -0.2) is 19.3 Å². The Labute approximate surface area is 72.9 Å². The van der Waals surface area contributed by atoms with Crippen molar-refractivity contribution >= 4 is 6.09 Å². The number of hydrogen-bond donors (Lipinski definition) is 2. The average molecular weight is 178 g/mol. The van der Waals surface area contributed by atoms with Gasteiger partial charge in [-0.1, -0.05) is 0 Å². The van der Waals surface area contributed by atoms with Crippen molar-refractivity contribution < 1.29 is 9.90 Å². The first kappa shape index (κ1) is 7.53. The van der Waals surface area contributed by atoms with Gasteiger partial charge in [0.15, 0.2) is 11.6 Å². The molecular weight excluding hydrogens is 172 g/mol. The van der Waals surface area contributed by atoms with Gasteiger partial charge in [-0.3, -0.25) is 0 Å². The van der Waals surface area contributed by atoms with Crippen molar-refractivity contribution in [2.45, 2.75) is 0 Å². The summed E-state index contributed by atoms with van der Waals surface area (Å²) in [7, 11) is 0. The molecule has 0 unspecified atom stereocenters. The molecule has 0 spiro atoms. The molecule has 13 heavy (non-hydrogen) atoms. The second kappa shape index (κ2) is 2.74. The van der Waals surface area contributed by atoms with Crippen molar-refractivity contribution in [1.82, 2.24) is 19.5 Å². The van der Waals surface area contributed by atoms with Crippen molar-refractivity contribution in [3.63, 3.8) is 0 Å². The zero-order valence-corrected chi connectivity index (χ0v) is 6.51. The van der Waals surface area contributed by atoms with Gasteiger partial charge in [0.1, 0.15) is 0 Å². The minimum absolute atomic E-state index is 0.289. The number of aromatic amines is 1. The lowest BCUT2D eigenvalue weighted by atomic mass is 10.5. The fourth-order valence-electron chi connectivity index (χ4n) is 1.02. The molecule has 0 saturated heterocycles. The molecule has 0 aromatic carbocycles. The van der Waals surface area contributed by atoms with E-state index in [9.17, 15) is 4.79 Å². The van der Waals surface area contributed by atoms with Crippen LogP contribution in [0, 0.1) is 0 Å². The van der Waals surface area contributed by atoms with E-state index >= 15 is 0 Å². The molecule has 0 aliphatic rings. The average Bonchev–Trinajstić information content (AvgIpc) is 2.74. The number of carbonyl (C=O) groups is 1. The lowest BCUT2D eigenvalue weighted by Crippen LogP contribution is -2.08. The Morgan fingerprint density at radius 3 is 2.92 bits per heavy atom. The van der Waals surface area contributed by atoms with Gasteiger partial charge in [-0.15, -0.1) is 0 Å². The second-order valence-electron chi connectivity index (χ2n) is 2.34. The van der Waals surface area contributed by atoms with E-state index in [-0.39, 0.29) is 5.82 Å². The maximum Gasteiger partial charge on any atom is 0.417 e. The minimum Gasteiger partial charge on any atom is -0.464 e. The highest BCUT2D eigenvalue weighted by Crippen LogP contribution is 2.10. The predicted octanol–water partition coefficient (Wildman–Crippen LogP) is 0.799. The number of carboxylic acid groups (broad SMARTS) is 1. The van der Waals surface area contributed by atoms with Crippen LogP contribution in [0.4, 0.5) is 4.79 Å². The third-order valence-corrected chi connectivity index (χ3v) is 1.56. The molecule has 2 N–H and O–H groups in total. The number of rotatable bonds is 1. The largest absolute Gasteiger partial charge is 0.464 e. The van der Waals surface area contributed by atoms with Gasteiger partial charge in [0, 0.05) is 24.8 Å². The van der Waals surface area contributed by atoms with E-state index in [0.29, 0.717) is 5.82 Å². The predicted molar refractivity (Wildman–Crippen MR) is 43.2 cm³/mol. The summed E-state index contributed by atoms with van der Waals surface area (Å²) in [6, 6.07) is 0. The quantitative estimate of drug-likeness (QED) is 0.676. The molecule has 2 aromatic rings. The summed E-state index contributed by atoms with van der Waals surface area (Å²) in [6.45, 7) is 0. The molecule has 6 nitrogen and oxygen atoms in total. The van der Waals surface area contributed by atoms with Crippen LogP contribution >= 0.6 is 0 Å². The van der Waals surface area contributed by atoms with E-state index in [1.807, 2.05) is 0 Å². The smallest absolute Gasteiger partial charge is 0.417 e. The molecule has 66 valence electrons. The summed E-state index contributed by atoms with van der Waals surface area (Å²) in [5, 5.41) is 8.73. The highest BCUT2D eigenvalue weighted by atomic mass is 16.4. The Morgan fingerprint density at radius 2 is 2.31 bits per heavy atom. The van der Waals surface area contributed by atoms with Crippen LogP contribution in [0.15, 0.2) is 24.8 Å². The Kier molecular flexibility index (Phi) is 1.59. The number of nitrogens with zero attached hydrogens (tertiary/aromatic N) is 3. The number of H-pyrrole nitrogens is 1. The van der Waals surface area contributed by atoms with Gasteiger partial charge < -0.3 is 10.1 Å². The maximum absolute atomic E-state index is 10.7. The lowest BCUT2D eigenvalue weighted by Gasteiger charge is -1.97. The topological polar surface area (TPSA) is 83.8 Å². The first-order valence-electron chi connectivity index (χ1n) is 3.55. The lowest BCUT2D eigenvalue weighted by molar-refractivity contribution is 0.196. The summed E-state index contributed by atoms with van der Waals surface area (Å²) in [5.74, 6) is 0.727. The van der Waals surface area contributed by atoms with Gasteiger partial charge >= 0.3 is 6.09 Å². The molecule has 0 saturated carbocycles. The van der Waals surface area contributed by atoms with Crippen LogP contribution in [0.1, 0.15) is 0 Å². The highest BCUT2D eigenvalue weighted by Gasteiger charge is 2.11. The van der Waals surface area contributed by atoms with E-state index in [1.165, 1.54) is 18.6 Å². The Hall–Kier alpha value is -2.11. The maximum atomic E-state index is 10.7. The minimum atomic E-state index is -1.08. The van der Waals surface area contributed by atoms with E-state index in [4.69, 9.17) is 5.11 Å². The van der Waals surface area contributed by atoms with E-state index in [0.717, 1.165) is 4.57 Å². The van der Waals surface area contributed by atoms with E-state index in [2.05, 4.69) is 15.0 Å². The first-order chi connectivity index (χ1) is 6.29. The highest BCUT2D eigenvalue weighted by molar-refractivity contribution is 5.73. The van der Waals surface area contributed by atoms with Gasteiger partial charge in [-0.2, -0.15) is 0 Å². The third kappa shape index (κ3) is 1.18. The Morgan fingerprint density at radius 1 is 1.46 bits per heavy atom. The molecule has 0 aliphatic heterocycles. The molecular formula is C7H6N4O2. The number of imidazole rings is 2. The fraction of sp³-hybridized carbons (Fsp3) is 0. The van der Waals surface area contributed by atoms with E-state index in [1.54, 1.807) is 6.20 Å².